The molecule has 0 saturated carbocycles. The lowest BCUT2D eigenvalue weighted by Crippen LogP contribution is -2.13. The van der Waals surface area contributed by atoms with Crippen molar-refractivity contribution >= 4 is 55.2 Å². The van der Waals surface area contributed by atoms with Gasteiger partial charge in [-0.1, -0.05) is 55.8 Å². The molecule has 3 rings (SSSR count). The fourth-order valence-electron chi connectivity index (χ4n) is 1.96. The van der Waals surface area contributed by atoms with Crippen LogP contribution in [0.25, 0.3) is 11.3 Å². The highest BCUT2D eigenvalue weighted by Crippen LogP contribution is 2.27. The number of halogens is 2. The van der Waals surface area contributed by atoms with Gasteiger partial charge in [0.25, 0.3) is 5.22 Å². The predicted molar refractivity (Wildman–Crippen MR) is 103 cm³/mol. The molecule has 0 spiro atoms. The lowest BCUT2D eigenvalue weighted by atomic mass is 10.2. The summed E-state index contributed by atoms with van der Waals surface area (Å²) >= 11 is 8.05. The van der Waals surface area contributed by atoms with Gasteiger partial charge in [0.05, 0.1) is 11.9 Å². The maximum atomic E-state index is 12.0. The van der Waals surface area contributed by atoms with Crippen molar-refractivity contribution in [2.45, 2.75) is 5.22 Å². The van der Waals surface area contributed by atoms with Crippen molar-refractivity contribution in [1.29, 1.82) is 0 Å². The molecule has 3 aromatic rings. The third-order valence-corrected chi connectivity index (χ3v) is 4.91. The predicted octanol–water partition coefficient (Wildman–Crippen LogP) is 5.60. The van der Waals surface area contributed by atoms with E-state index in [0.717, 1.165) is 20.2 Å². The van der Waals surface area contributed by atoms with Gasteiger partial charge in [0.1, 0.15) is 0 Å². The van der Waals surface area contributed by atoms with Gasteiger partial charge in [-0.2, -0.15) is 0 Å². The fraction of sp³-hybridized carbons (Fsp3) is 0.0588. The van der Waals surface area contributed by atoms with E-state index in [-0.39, 0.29) is 11.7 Å². The summed E-state index contributed by atoms with van der Waals surface area (Å²) in [5.74, 6) is 0.797. The first-order valence-electron chi connectivity index (χ1n) is 7.00. The zero-order valence-electron chi connectivity index (χ0n) is 12.3. The van der Waals surface area contributed by atoms with Crippen molar-refractivity contribution in [3.63, 3.8) is 0 Å². The number of rotatable bonds is 5. The SMILES string of the molecule is O=C(CSc1ncc(-c2cccc(Br)c2)o1)Nc1ccc(Br)cc1. The Kier molecular flexibility index (Phi) is 5.76. The molecule has 0 unspecified atom stereocenters. The Morgan fingerprint density at radius 1 is 1.12 bits per heavy atom. The number of benzene rings is 2. The van der Waals surface area contributed by atoms with Crippen LogP contribution in [0.4, 0.5) is 5.69 Å². The van der Waals surface area contributed by atoms with E-state index in [9.17, 15) is 4.79 Å². The molecule has 0 saturated heterocycles. The number of carbonyl (C=O) groups excluding carboxylic acids is 1. The van der Waals surface area contributed by atoms with E-state index in [1.54, 1.807) is 6.20 Å². The van der Waals surface area contributed by atoms with E-state index >= 15 is 0 Å². The molecule has 1 amide bonds. The summed E-state index contributed by atoms with van der Waals surface area (Å²) in [6, 6.07) is 15.2. The Labute approximate surface area is 160 Å². The van der Waals surface area contributed by atoms with Crippen LogP contribution in [-0.2, 0) is 4.79 Å². The van der Waals surface area contributed by atoms with Gasteiger partial charge in [-0.15, -0.1) is 0 Å². The maximum Gasteiger partial charge on any atom is 0.256 e. The topological polar surface area (TPSA) is 55.1 Å². The molecule has 0 aliphatic rings. The van der Waals surface area contributed by atoms with E-state index in [1.807, 2.05) is 48.5 Å². The van der Waals surface area contributed by atoms with Gasteiger partial charge in [0.15, 0.2) is 5.76 Å². The van der Waals surface area contributed by atoms with Gasteiger partial charge in [0, 0.05) is 20.2 Å². The first-order chi connectivity index (χ1) is 11.6. The molecule has 1 N–H and O–H groups in total. The van der Waals surface area contributed by atoms with E-state index in [4.69, 9.17) is 4.42 Å². The lowest BCUT2D eigenvalue weighted by molar-refractivity contribution is -0.113. The number of anilines is 1. The molecule has 0 atom stereocenters. The molecule has 1 aromatic heterocycles. The zero-order valence-corrected chi connectivity index (χ0v) is 16.3. The molecule has 122 valence electrons. The molecule has 0 aliphatic carbocycles. The molecule has 2 aromatic carbocycles. The third-order valence-electron chi connectivity index (χ3n) is 3.05. The van der Waals surface area contributed by atoms with Crippen molar-refractivity contribution in [1.82, 2.24) is 4.98 Å². The minimum atomic E-state index is -0.107. The van der Waals surface area contributed by atoms with Crippen molar-refractivity contribution in [3.8, 4) is 11.3 Å². The van der Waals surface area contributed by atoms with Gasteiger partial charge in [-0.3, -0.25) is 4.79 Å². The number of nitrogens with one attached hydrogen (secondary N) is 1. The second-order valence-corrected chi connectivity index (χ2v) is 7.60. The van der Waals surface area contributed by atoms with Crippen LogP contribution >= 0.6 is 43.6 Å². The Bertz CT molecular complexity index is 850. The highest BCUT2D eigenvalue weighted by Gasteiger charge is 2.10. The fourth-order valence-corrected chi connectivity index (χ4v) is 3.22. The Hall–Kier alpha value is -1.57. The number of aromatic nitrogens is 1. The second-order valence-electron chi connectivity index (χ2n) is 4.84. The monoisotopic (exact) mass is 466 g/mol. The molecule has 0 aliphatic heterocycles. The summed E-state index contributed by atoms with van der Waals surface area (Å²) in [7, 11) is 0. The van der Waals surface area contributed by atoms with Crippen LogP contribution in [0.3, 0.4) is 0 Å². The van der Waals surface area contributed by atoms with Crippen LogP contribution < -0.4 is 5.32 Å². The van der Waals surface area contributed by atoms with E-state index in [1.165, 1.54) is 11.8 Å². The largest absolute Gasteiger partial charge is 0.431 e. The quantitative estimate of drug-likeness (QED) is 0.496. The number of nitrogens with zero attached hydrogens (tertiary/aromatic N) is 1. The number of hydrogen-bond acceptors (Lipinski definition) is 4. The molecule has 4 nitrogen and oxygen atoms in total. The van der Waals surface area contributed by atoms with E-state index in [2.05, 4.69) is 42.2 Å². The first kappa shape index (κ1) is 17.3. The van der Waals surface area contributed by atoms with Gasteiger partial charge >= 0.3 is 0 Å². The lowest BCUT2D eigenvalue weighted by Gasteiger charge is -2.03. The van der Waals surface area contributed by atoms with Gasteiger partial charge in [-0.05, 0) is 36.4 Å². The minimum absolute atomic E-state index is 0.107. The first-order valence-corrected chi connectivity index (χ1v) is 9.57. The Morgan fingerprint density at radius 2 is 1.92 bits per heavy atom. The average molecular weight is 468 g/mol. The van der Waals surface area contributed by atoms with E-state index < -0.39 is 0 Å². The molecular formula is C17H12Br2N2O2S. The molecule has 7 heteroatoms. The summed E-state index contributed by atoms with van der Waals surface area (Å²) in [5, 5.41) is 3.30. The normalized spacial score (nSPS) is 10.6. The molecule has 1 heterocycles. The van der Waals surface area contributed by atoms with Crippen LogP contribution in [0.15, 0.2) is 73.3 Å². The highest BCUT2D eigenvalue weighted by molar-refractivity contribution is 9.10. The second kappa shape index (κ2) is 8.00. The number of oxazole rings is 1. The van der Waals surface area contributed by atoms with Crippen LogP contribution in [0.2, 0.25) is 0 Å². The molecule has 24 heavy (non-hydrogen) atoms. The van der Waals surface area contributed by atoms with Crippen LogP contribution in [-0.4, -0.2) is 16.6 Å². The van der Waals surface area contributed by atoms with Gasteiger partial charge < -0.3 is 9.73 Å². The van der Waals surface area contributed by atoms with E-state index in [0.29, 0.717) is 11.0 Å². The van der Waals surface area contributed by atoms with Crippen LogP contribution in [0, 0.1) is 0 Å². The molecule has 0 radical (unpaired) electrons. The Morgan fingerprint density at radius 3 is 2.67 bits per heavy atom. The number of hydrogen-bond donors (Lipinski definition) is 1. The van der Waals surface area contributed by atoms with Crippen molar-refractivity contribution in [3.05, 3.63) is 63.7 Å². The maximum absolute atomic E-state index is 12.0. The Balaban J connectivity index is 1.57. The number of amides is 1. The summed E-state index contributed by atoms with van der Waals surface area (Å²) in [6.07, 6.45) is 1.66. The summed E-state index contributed by atoms with van der Waals surface area (Å²) in [6.45, 7) is 0. The average Bonchev–Trinajstić information content (AvgIpc) is 3.04. The zero-order chi connectivity index (χ0) is 16.9. The summed E-state index contributed by atoms with van der Waals surface area (Å²) in [4.78, 5) is 16.2. The summed E-state index contributed by atoms with van der Waals surface area (Å²) in [5.41, 5.74) is 1.69. The van der Waals surface area contributed by atoms with Gasteiger partial charge in [0.2, 0.25) is 5.91 Å². The smallest absolute Gasteiger partial charge is 0.256 e. The molecular weight excluding hydrogens is 456 g/mol. The number of thioether (sulfide) groups is 1. The highest BCUT2D eigenvalue weighted by atomic mass is 79.9. The van der Waals surface area contributed by atoms with Crippen LogP contribution in [0.1, 0.15) is 0 Å². The standard InChI is InChI=1S/C17H12Br2N2O2S/c18-12-4-6-14(7-5-12)21-16(22)10-24-17-20-9-15(23-17)11-2-1-3-13(19)8-11/h1-9H,10H2,(H,21,22). The summed E-state index contributed by atoms with van der Waals surface area (Å²) < 4.78 is 7.62. The van der Waals surface area contributed by atoms with Crippen molar-refractivity contribution in [2.24, 2.45) is 0 Å². The van der Waals surface area contributed by atoms with Gasteiger partial charge in [-0.25, -0.2) is 4.98 Å². The minimum Gasteiger partial charge on any atom is -0.431 e. The third kappa shape index (κ3) is 4.72. The van der Waals surface area contributed by atoms with Crippen LogP contribution in [0.5, 0.6) is 0 Å². The van der Waals surface area contributed by atoms with Crippen molar-refractivity contribution < 1.29 is 9.21 Å². The molecule has 0 bridgehead atoms. The van der Waals surface area contributed by atoms with Crippen molar-refractivity contribution in [2.75, 3.05) is 11.1 Å². The molecule has 0 fully saturated rings. The number of carbonyl (C=O) groups is 1.